The Labute approximate surface area is 75.3 Å². The molecular formula is C11H19N. The molecule has 1 heteroatoms. The van der Waals surface area contributed by atoms with E-state index in [1.54, 1.807) is 5.71 Å². The Hall–Kier alpha value is -0.330. The van der Waals surface area contributed by atoms with Gasteiger partial charge < -0.3 is 0 Å². The van der Waals surface area contributed by atoms with Crippen LogP contribution in [0.4, 0.5) is 0 Å². The third-order valence-electron chi connectivity index (χ3n) is 3.58. The van der Waals surface area contributed by atoms with Crippen LogP contribution in [0.15, 0.2) is 4.99 Å². The van der Waals surface area contributed by atoms with Gasteiger partial charge >= 0.3 is 0 Å². The van der Waals surface area contributed by atoms with E-state index < -0.39 is 0 Å². The fourth-order valence-corrected chi connectivity index (χ4v) is 2.48. The second-order valence-electron chi connectivity index (χ2n) is 4.27. The molecular weight excluding hydrogens is 146 g/mol. The number of rotatable bonds is 3. The molecule has 0 heterocycles. The Balaban J connectivity index is 1.97. The molecule has 0 amide bonds. The quantitative estimate of drug-likeness (QED) is 0.570. The summed E-state index contributed by atoms with van der Waals surface area (Å²) in [5.74, 6) is 2.76. The number of hydrogen-bond donors (Lipinski definition) is 0. The number of nitrogens with zero attached hydrogens (tertiary/aromatic N) is 1. The molecule has 0 saturated heterocycles. The first-order valence-corrected chi connectivity index (χ1v) is 5.33. The third kappa shape index (κ3) is 1.30. The summed E-state index contributed by atoms with van der Waals surface area (Å²) >= 11 is 0. The smallest absolute Gasteiger partial charge is 0.0276 e. The third-order valence-corrected chi connectivity index (χ3v) is 3.58. The highest BCUT2D eigenvalue weighted by Gasteiger charge is 2.39. The highest BCUT2D eigenvalue weighted by molar-refractivity contribution is 5.91. The lowest BCUT2D eigenvalue weighted by atomic mass is 9.69. The van der Waals surface area contributed by atoms with Crippen LogP contribution >= 0.6 is 0 Å². The maximum absolute atomic E-state index is 4.49. The van der Waals surface area contributed by atoms with Crippen molar-refractivity contribution >= 4 is 5.71 Å². The van der Waals surface area contributed by atoms with E-state index in [1.165, 1.54) is 32.1 Å². The van der Waals surface area contributed by atoms with Crippen LogP contribution in [0.5, 0.6) is 0 Å². The lowest BCUT2D eigenvalue weighted by molar-refractivity contribution is 0.235. The van der Waals surface area contributed by atoms with Crippen molar-refractivity contribution < 1.29 is 0 Å². The van der Waals surface area contributed by atoms with Crippen molar-refractivity contribution in [2.45, 2.75) is 39.0 Å². The molecule has 0 N–H and O–H groups in total. The standard InChI is InChI=1S/C11H19N/c1-3-8-6-7-10(8)11(12-2)9-4-5-9/h8-10H,3-7H2,1-2H3. The van der Waals surface area contributed by atoms with Crippen LogP contribution < -0.4 is 0 Å². The van der Waals surface area contributed by atoms with Crippen LogP contribution in [0.1, 0.15) is 39.0 Å². The molecule has 2 fully saturated rings. The summed E-state index contributed by atoms with van der Waals surface area (Å²) in [5, 5.41) is 0. The minimum atomic E-state index is 0.882. The molecule has 2 unspecified atom stereocenters. The van der Waals surface area contributed by atoms with Crippen LogP contribution in [0, 0.1) is 17.8 Å². The summed E-state index contributed by atoms with van der Waals surface area (Å²) in [6.07, 6.45) is 7.06. The minimum absolute atomic E-state index is 0.882. The molecule has 2 aliphatic rings. The molecule has 2 aliphatic carbocycles. The largest absolute Gasteiger partial charge is 0.297 e. The van der Waals surface area contributed by atoms with Crippen LogP contribution in [0.3, 0.4) is 0 Å². The Morgan fingerprint density at radius 1 is 1.25 bits per heavy atom. The van der Waals surface area contributed by atoms with Gasteiger partial charge in [0, 0.05) is 12.8 Å². The maximum atomic E-state index is 4.49. The summed E-state index contributed by atoms with van der Waals surface area (Å²) in [5.41, 5.74) is 1.56. The normalized spacial score (nSPS) is 36.3. The van der Waals surface area contributed by atoms with Gasteiger partial charge in [0.05, 0.1) is 0 Å². The molecule has 0 aromatic rings. The van der Waals surface area contributed by atoms with E-state index in [0.717, 1.165) is 17.8 Å². The lowest BCUT2D eigenvalue weighted by Gasteiger charge is -2.37. The van der Waals surface area contributed by atoms with Crippen molar-refractivity contribution in [1.82, 2.24) is 0 Å². The van der Waals surface area contributed by atoms with E-state index in [2.05, 4.69) is 11.9 Å². The topological polar surface area (TPSA) is 12.4 Å². The van der Waals surface area contributed by atoms with Crippen molar-refractivity contribution in [3.8, 4) is 0 Å². The van der Waals surface area contributed by atoms with Crippen LogP contribution in [-0.2, 0) is 0 Å². The van der Waals surface area contributed by atoms with Crippen molar-refractivity contribution in [2.24, 2.45) is 22.7 Å². The summed E-state index contributed by atoms with van der Waals surface area (Å²) in [6.45, 7) is 2.32. The zero-order chi connectivity index (χ0) is 8.55. The molecule has 0 spiro atoms. The molecule has 2 saturated carbocycles. The Kier molecular flexibility index (Phi) is 2.20. The van der Waals surface area contributed by atoms with E-state index in [1.807, 2.05) is 7.05 Å². The number of aliphatic imine (C=N–C) groups is 1. The molecule has 12 heavy (non-hydrogen) atoms. The molecule has 0 radical (unpaired) electrons. The van der Waals surface area contributed by atoms with Crippen LogP contribution in [0.2, 0.25) is 0 Å². The SMILES string of the molecule is CCC1CCC1C(=NC)C1CC1. The van der Waals surface area contributed by atoms with Gasteiger partial charge in [-0.2, -0.15) is 0 Å². The molecule has 68 valence electrons. The molecule has 0 aromatic carbocycles. The second-order valence-corrected chi connectivity index (χ2v) is 4.27. The van der Waals surface area contributed by atoms with E-state index in [-0.39, 0.29) is 0 Å². The molecule has 2 rings (SSSR count). The van der Waals surface area contributed by atoms with Gasteiger partial charge in [0.2, 0.25) is 0 Å². The highest BCUT2D eigenvalue weighted by atomic mass is 14.7. The van der Waals surface area contributed by atoms with Gasteiger partial charge in [-0.15, -0.1) is 0 Å². The molecule has 1 nitrogen and oxygen atoms in total. The first-order chi connectivity index (χ1) is 5.86. The Morgan fingerprint density at radius 2 is 2.00 bits per heavy atom. The van der Waals surface area contributed by atoms with Gasteiger partial charge in [0.1, 0.15) is 0 Å². The van der Waals surface area contributed by atoms with Gasteiger partial charge in [0.25, 0.3) is 0 Å². The van der Waals surface area contributed by atoms with Crippen molar-refractivity contribution in [3.05, 3.63) is 0 Å². The molecule has 2 atom stereocenters. The van der Waals surface area contributed by atoms with Crippen molar-refractivity contribution in [1.29, 1.82) is 0 Å². The summed E-state index contributed by atoms with van der Waals surface area (Å²) in [6, 6.07) is 0. The molecule has 0 aliphatic heterocycles. The van der Waals surface area contributed by atoms with Gasteiger partial charge in [-0.1, -0.05) is 13.3 Å². The average molecular weight is 165 g/mol. The molecule has 0 aromatic heterocycles. The number of hydrogen-bond acceptors (Lipinski definition) is 1. The summed E-state index contributed by atoms with van der Waals surface area (Å²) in [7, 11) is 1.98. The van der Waals surface area contributed by atoms with Gasteiger partial charge in [-0.25, -0.2) is 0 Å². The summed E-state index contributed by atoms with van der Waals surface area (Å²) < 4.78 is 0. The Morgan fingerprint density at radius 3 is 2.33 bits per heavy atom. The van der Waals surface area contributed by atoms with E-state index in [4.69, 9.17) is 0 Å². The first-order valence-electron chi connectivity index (χ1n) is 5.33. The van der Waals surface area contributed by atoms with Gasteiger partial charge in [-0.05, 0) is 43.4 Å². The summed E-state index contributed by atoms with van der Waals surface area (Å²) in [4.78, 5) is 4.49. The first kappa shape index (κ1) is 8.28. The maximum Gasteiger partial charge on any atom is 0.0276 e. The lowest BCUT2D eigenvalue weighted by Crippen LogP contribution is -2.33. The van der Waals surface area contributed by atoms with Gasteiger partial charge in [-0.3, -0.25) is 4.99 Å². The zero-order valence-electron chi connectivity index (χ0n) is 8.21. The fourth-order valence-electron chi connectivity index (χ4n) is 2.48. The van der Waals surface area contributed by atoms with Gasteiger partial charge in [0.15, 0.2) is 0 Å². The highest BCUT2D eigenvalue weighted by Crippen LogP contribution is 2.44. The predicted molar refractivity (Wildman–Crippen MR) is 52.6 cm³/mol. The van der Waals surface area contributed by atoms with E-state index in [9.17, 15) is 0 Å². The molecule has 0 bridgehead atoms. The van der Waals surface area contributed by atoms with Crippen LogP contribution in [0.25, 0.3) is 0 Å². The van der Waals surface area contributed by atoms with E-state index >= 15 is 0 Å². The Bertz CT molecular complexity index is 189. The zero-order valence-corrected chi connectivity index (χ0v) is 8.21. The monoisotopic (exact) mass is 165 g/mol. The van der Waals surface area contributed by atoms with Crippen LogP contribution in [-0.4, -0.2) is 12.8 Å². The predicted octanol–water partition coefficient (Wildman–Crippen LogP) is 2.90. The average Bonchev–Trinajstić information content (AvgIpc) is 2.81. The second kappa shape index (κ2) is 3.20. The van der Waals surface area contributed by atoms with E-state index in [0.29, 0.717) is 0 Å². The fraction of sp³-hybridized carbons (Fsp3) is 0.909. The minimum Gasteiger partial charge on any atom is -0.297 e. The van der Waals surface area contributed by atoms with Crippen molar-refractivity contribution in [3.63, 3.8) is 0 Å². The van der Waals surface area contributed by atoms with Crippen molar-refractivity contribution in [2.75, 3.05) is 7.05 Å².